The predicted octanol–water partition coefficient (Wildman–Crippen LogP) is 8.88. The molecule has 32 heavy (non-hydrogen) atoms. The topological polar surface area (TPSA) is 12.9 Å². The SMILES string of the molecule is Cc1cc(-c2nccc3c2ccc2c4ccccc4ccc32)cc2sc3ccccc3c12. The van der Waals surface area contributed by atoms with Crippen LogP contribution in [0.25, 0.3) is 63.7 Å². The summed E-state index contributed by atoms with van der Waals surface area (Å²) in [6, 6.07) is 33.1. The van der Waals surface area contributed by atoms with Crippen molar-refractivity contribution in [1.82, 2.24) is 4.98 Å². The quantitative estimate of drug-likeness (QED) is 0.239. The van der Waals surface area contributed by atoms with Gasteiger partial charge in [0.25, 0.3) is 0 Å². The van der Waals surface area contributed by atoms with Gasteiger partial charge in [-0.2, -0.15) is 0 Å². The number of pyridine rings is 1. The Hall–Kier alpha value is -3.75. The van der Waals surface area contributed by atoms with E-state index in [4.69, 9.17) is 4.98 Å². The van der Waals surface area contributed by atoms with E-state index in [1.165, 1.54) is 63.6 Å². The molecule has 7 aromatic rings. The zero-order chi connectivity index (χ0) is 21.2. The summed E-state index contributed by atoms with van der Waals surface area (Å²) < 4.78 is 2.67. The van der Waals surface area contributed by atoms with E-state index in [9.17, 15) is 0 Å². The lowest BCUT2D eigenvalue weighted by Gasteiger charge is -2.11. The molecule has 2 heteroatoms. The van der Waals surface area contributed by atoms with Crippen LogP contribution in [0, 0.1) is 6.92 Å². The number of hydrogen-bond acceptors (Lipinski definition) is 2. The maximum absolute atomic E-state index is 4.85. The van der Waals surface area contributed by atoms with E-state index in [1.807, 2.05) is 17.5 Å². The van der Waals surface area contributed by atoms with Crippen LogP contribution in [-0.4, -0.2) is 4.98 Å². The molecule has 7 rings (SSSR count). The maximum atomic E-state index is 4.85. The molecule has 150 valence electrons. The predicted molar refractivity (Wildman–Crippen MR) is 140 cm³/mol. The first-order valence-corrected chi connectivity index (χ1v) is 11.7. The summed E-state index contributed by atoms with van der Waals surface area (Å²) in [5.41, 5.74) is 3.55. The van der Waals surface area contributed by atoms with Gasteiger partial charge in [-0.25, -0.2) is 0 Å². The molecule has 0 saturated heterocycles. The molecule has 0 fully saturated rings. The summed E-state index contributed by atoms with van der Waals surface area (Å²) >= 11 is 1.87. The summed E-state index contributed by atoms with van der Waals surface area (Å²) in [6.45, 7) is 2.22. The van der Waals surface area contributed by atoms with Crippen LogP contribution < -0.4 is 0 Å². The molecule has 2 heterocycles. The fourth-order valence-corrected chi connectivity index (χ4v) is 6.40. The highest BCUT2D eigenvalue weighted by Crippen LogP contribution is 2.40. The van der Waals surface area contributed by atoms with Gasteiger partial charge in [0.05, 0.1) is 5.69 Å². The first-order chi connectivity index (χ1) is 15.8. The highest BCUT2D eigenvalue weighted by atomic mass is 32.1. The van der Waals surface area contributed by atoms with Crippen LogP contribution >= 0.6 is 11.3 Å². The van der Waals surface area contributed by atoms with Crippen molar-refractivity contribution < 1.29 is 0 Å². The Bertz CT molecular complexity index is 1840. The van der Waals surface area contributed by atoms with E-state index in [-0.39, 0.29) is 0 Å². The zero-order valence-corrected chi connectivity index (χ0v) is 18.4. The second-order valence-corrected chi connectivity index (χ2v) is 9.55. The van der Waals surface area contributed by atoms with Gasteiger partial charge in [-0.3, -0.25) is 4.98 Å². The molecule has 0 unspecified atom stereocenters. The molecule has 0 N–H and O–H groups in total. The van der Waals surface area contributed by atoms with Crippen molar-refractivity contribution in [2.24, 2.45) is 0 Å². The van der Waals surface area contributed by atoms with E-state index in [0.29, 0.717) is 0 Å². The number of fused-ring (bicyclic) bond motifs is 8. The second kappa shape index (κ2) is 6.62. The van der Waals surface area contributed by atoms with Crippen molar-refractivity contribution >= 4 is 63.8 Å². The van der Waals surface area contributed by atoms with Crippen molar-refractivity contribution in [3.8, 4) is 11.3 Å². The van der Waals surface area contributed by atoms with Gasteiger partial charge in [-0.05, 0) is 63.7 Å². The van der Waals surface area contributed by atoms with Crippen LogP contribution in [-0.2, 0) is 0 Å². The molecule has 2 aromatic heterocycles. The largest absolute Gasteiger partial charge is 0.256 e. The van der Waals surface area contributed by atoms with E-state index in [2.05, 4.69) is 97.9 Å². The highest BCUT2D eigenvalue weighted by Gasteiger charge is 2.13. The fourth-order valence-electron chi connectivity index (χ4n) is 5.18. The summed E-state index contributed by atoms with van der Waals surface area (Å²) in [4.78, 5) is 4.85. The van der Waals surface area contributed by atoms with Crippen molar-refractivity contribution in [1.29, 1.82) is 0 Å². The number of benzene rings is 5. The van der Waals surface area contributed by atoms with Crippen LogP contribution in [0.15, 0.2) is 97.2 Å². The zero-order valence-electron chi connectivity index (χ0n) is 17.6. The molecule has 5 aromatic carbocycles. The molecule has 0 aliphatic carbocycles. The van der Waals surface area contributed by atoms with Crippen LogP contribution in [0.5, 0.6) is 0 Å². The molecule has 0 atom stereocenters. The van der Waals surface area contributed by atoms with Crippen LogP contribution in [0.1, 0.15) is 5.56 Å². The lowest BCUT2D eigenvalue weighted by Crippen LogP contribution is -1.89. The summed E-state index contributed by atoms with van der Waals surface area (Å²) in [6.07, 6.45) is 1.96. The summed E-state index contributed by atoms with van der Waals surface area (Å²) in [5.74, 6) is 0. The summed E-state index contributed by atoms with van der Waals surface area (Å²) in [7, 11) is 0. The summed E-state index contributed by atoms with van der Waals surface area (Å²) in [5, 5.41) is 10.3. The van der Waals surface area contributed by atoms with Gasteiger partial charge in [0.2, 0.25) is 0 Å². The average molecular weight is 426 g/mol. The lowest BCUT2D eigenvalue weighted by molar-refractivity contribution is 1.36. The highest BCUT2D eigenvalue weighted by molar-refractivity contribution is 7.25. The van der Waals surface area contributed by atoms with Gasteiger partial charge in [-0.15, -0.1) is 11.3 Å². The number of thiophene rings is 1. The Labute approximate surface area is 189 Å². The van der Waals surface area contributed by atoms with Gasteiger partial charge in [0, 0.05) is 37.3 Å². The van der Waals surface area contributed by atoms with E-state index >= 15 is 0 Å². The van der Waals surface area contributed by atoms with Gasteiger partial charge in [-0.1, -0.05) is 66.7 Å². The standard InChI is InChI=1S/C30H19NS/c1-18-16-20(17-28-29(18)26-8-4-5-9-27(26)32-28)30-25-13-12-22-21-7-3-2-6-19(21)10-11-23(22)24(25)14-15-31-30/h2-17H,1H3. The Balaban J connectivity index is 1.53. The number of aromatic nitrogens is 1. The van der Waals surface area contributed by atoms with E-state index in [0.717, 1.165) is 5.69 Å². The van der Waals surface area contributed by atoms with Gasteiger partial charge < -0.3 is 0 Å². The number of nitrogens with zero attached hydrogens (tertiary/aromatic N) is 1. The molecule has 0 bridgehead atoms. The van der Waals surface area contributed by atoms with Crippen molar-refractivity contribution in [2.75, 3.05) is 0 Å². The first-order valence-electron chi connectivity index (χ1n) is 10.9. The third-order valence-electron chi connectivity index (χ3n) is 6.62. The van der Waals surface area contributed by atoms with Crippen LogP contribution in [0.2, 0.25) is 0 Å². The number of hydrogen-bond donors (Lipinski definition) is 0. The molecule has 0 saturated carbocycles. The molecule has 1 nitrogen and oxygen atoms in total. The molecular formula is C30H19NS. The minimum Gasteiger partial charge on any atom is -0.256 e. The van der Waals surface area contributed by atoms with Crippen LogP contribution in [0.3, 0.4) is 0 Å². The van der Waals surface area contributed by atoms with Crippen molar-refractivity contribution in [2.45, 2.75) is 6.92 Å². The van der Waals surface area contributed by atoms with Gasteiger partial charge in [0.15, 0.2) is 0 Å². The molecule has 0 aliphatic rings. The number of aryl methyl sites for hydroxylation is 1. The second-order valence-electron chi connectivity index (χ2n) is 8.47. The molecule has 0 spiro atoms. The molecule has 0 radical (unpaired) electrons. The minimum absolute atomic E-state index is 1.06. The lowest BCUT2D eigenvalue weighted by atomic mass is 9.94. The van der Waals surface area contributed by atoms with Gasteiger partial charge in [0.1, 0.15) is 0 Å². The molecule has 0 aliphatic heterocycles. The molecule has 0 amide bonds. The third-order valence-corrected chi connectivity index (χ3v) is 7.73. The maximum Gasteiger partial charge on any atom is 0.0781 e. The Morgan fingerprint density at radius 3 is 2.25 bits per heavy atom. The van der Waals surface area contributed by atoms with Crippen LogP contribution in [0.4, 0.5) is 0 Å². The minimum atomic E-state index is 1.06. The Kier molecular flexibility index (Phi) is 3.70. The fraction of sp³-hybridized carbons (Fsp3) is 0.0333. The van der Waals surface area contributed by atoms with E-state index < -0.39 is 0 Å². The normalized spacial score (nSPS) is 11.9. The average Bonchev–Trinajstić information content (AvgIpc) is 3.22. The first kappa shape index (κ1) is 17.9. The monoisotopic (exact) mass is 425 g/mol. The van der Waals surface area contributed by atoms with E-state index in [1.54, 1.807) is 0 Å². The third kappa shape index (κ3) is 2.47. The van der Waals surface area contributed by atoms with Gasteiger partial charge >= 0.3 is 0 Å². The smallest absolute Gasteiger partial charge is 0.0781 e. The Morgan fingerprint density at radius 2 is 1.31 bits per heavy atom. The Morgan fingerprint density at radius 1 is 0.594 bits per heavy atom. The molecular weight excluding hydrogens is 406 g/mol. The van der Waals surface area contributed by atoms with Crippen molar-refractivity contribution in [3.05, 3.63) is 103 Å². The van der Waals surface area contributed by atoms with Crippen molar-refractivity contribution in [3.63, 3.8) is 0 Å². The number of rotatable bonds is 1.